The zero-order valence-electron chi connectivity index (χ0n) is 8.68. The number of nitrogens with zero attached hydrogens (tertiary/aromatic N) is 2. The van der Waals surface area contributed by atoms with Crippen LogP contribution in [0.4, 0.5) is 10.3 Å². The molecule has 2 aromatic rings. The maximum absolute atomic E-state index is 11.7. The molecule has 0 bridgehead atoms. The third kappa shape index (κ3) is 3.50. The number of aromatic nitrogens is 2. The number of nitrogens with two attached hydrogens (primary N) is 1. The van der Waals surface area contributed by atoms with Crippen molar-refractivity contribution in [3.63, 3.8) is 0 Å². The summed E-state index contributed by atoms with van der Waals surface area (Å²) in [6.07, 6.45) is 0.291. The highest BCUT2D eigenvalue weighted by Crippen LogP contribution is 2.17. The van der Waals surface area contributed by atoms with Crippen LogP contribution in [0.25, 0.3) is 0 Å². The van der Waals surface area contributed by atoms with Gasteiger partial charge in [0.05, 0.1) is 6.42 Å². The fourth-order valence-electron chi connectivity index (χ4n) is 1.28. The van der Waals surface area contributed by atoms with Gasteiger partial charge < -0.3 is 11.1 Å². The van der Waals surface area contributed by atoms with Gasteiger partial charge in [-0.2, -0.15) is 0 Å². The highest BCUT2D eigenvalue weighted by Gasteiger charge is 2.07. The Morgan fingerprint density at radius 3 is 2.94 bits per heavy atom. The van der Waals surface area contributed by atoms with Gasteiger partial charge in [-0.3, -0.25) is 4.79 Å². The highest BCUT2D eigenvalue weighted by molar-refractivity contribution is 9.10. The number of carbonyl (C=O) groups excluding carboxylic acids is 1. The summed E-state index contributed by atoms with van der Waals surface area (Å²) < 4.78 is 0.947. The summed E-state index contributed by atoms with van der Waals surface area (Å²) in [6, 6.07) is 7.58. The molecule has 0 saturated carbocycles. The number of anilines is 2. The highest BCUT2D eigenvalue weighted by atomic mass is 79.9. The largest absolute Gasteiger partial charge is 0.374 e. The lowest BCUT2D eigenvalue weighted by molar-refractivity contribution is -0.115. The summed E-state index contributed by atoms with van der Waals surface area (Å²) in [5.74, 6) is -0.140. The number of nitrogen functional groups attached to an aromatic ring is 1. The van der Waals surface area contributed by atoms with E-state index < -0.39 is 0 Å². The van der Waals surface area contributed by atoms with Crippen LogP contribution in [0.5, 0.6) is 0 Å². The minimum Gasteiger partial charge on any atom is -0.374 e. The van der Waals surface area contributed by atoms with Crippen molar-refractivity contribution < 1.29 is 4.79 Å². The molecule has 0 saturated heterocycles. The number of rotatable bonds is 3. The van der Waals surface area contributed by atoms with Gasteiger partial charge in [-0.1, -0.05) is 39.4 Å². The Balaban J connectivity index is 1.98. The van der Waals surface area contributed by atoms with E-state index in [1.165, 1.54) is 0 Å². The van der Waals surface area contributed by atoms with Gasteiger partial charge >= 0.3 is 0 Å². The fraction of sp³-hybridized carbons (Fsp3) is 0.100. The van der Waals surface area contributed by atoms with Crippen molar-refractivity contribution in [3.05, 3.63) is 34.3 Å². The summed E-state index contributed by atoms with van der Waals surface area (Å²) >= 11 is 4.50. The van der Waals surface area contributed by atoms with E-state index in [2.05, 4.69) is 31.4 Å². The number of benzene rings is 1. The van der Waals surface area contributed by atoms with Crippen LogP contribution in [0.3, 0.4) is 0 Å². The van der Waals surface area contributed by atoms with Gasteiger partial charge in [-0.25, -0.2) is 0 Å². The number of carbonyl (C=O) groups is 1. The summed E-state index contributed by atoms with van der Waals surface area (Å²) in [6.45, 7) is 0. The number of halogens is 1. The summed E-state index contributed by atoms with van der Waals surface area (Å²) in [4.78, 5) is 11.7. The predicted octanol–water partition coefficient (Wildman–Crippen LogP) is 2.06. The summed E-state index contributed by atoms with van der Waals surface area (Å²) in [7, 11) is 0. The Kier molecular flexibility index (Phi) is 3.70. The lowest BCUT2D eigenvalue weighted by Gasteiger charge is -2.01. The molecule has 0 spiro atoms. The first-order valence-electron chi connectivity index (χ1n) is 4.77. The topological polar surface area (TPSA) is 80.9 Å². The van der Waals surface area contributed by atoms with E-state index in [0.717, 1.165) is 21.4 Å². The third-order valence-corrected chi connectivity index (χ3v) is 3.10. The van der Waals surface area contributed by atoms with E-state index in [4.69, 9.17) is 5.73 Å². The Hall–Kier alpha value is -1.47. The van der Waals surface area contributed by atoms with Crippen molar-refractivity contribution in [3.8, 4) is 0 Å². The smallest absolute Gasteiger partial charge is 0.230 e. The van der Waals surface area contributed by atoms with Crippen LogP contribution in [-0.2, 0) is 11.2 Å². The van der Waals surface area contributed by atoms with Gasteiger partial charge in [0.2, 0.25) is 16.2 Å². The van der Waals surface area contributed by atoms with E-state index >= 15 is 0 Å². The molecule has 1 amide bonds. The van der Waals surface area contributed by atoms with Gasteiger partial charge in [0, 0.05) is 4.47 Å². The quantitative estimate of drug-likeness (QED) is 0.909. The van der Waals surface area contributed by atoms with Crippen molar-refractivity contribution in [2.24, 2.45) is 0 Å². The molecule has 1 heterocycles. The molecule has 7 heteroatoms. The average molecular weight is 313 g/mol. The molecule has 1 aromatic heterocycles. The predicted molar refractivity (Wildman–Crippen MR) is 70.8 cm³/mol. The van der Waals surface area contributed by atoms with Crippen LogP contribution in [0.15, 0.2) is 28.7 Å². The molecule has 2 rings (SSSR count). The molecule has 0 aliphatic carbocycles. The monoisotopic (exact) mass is 312 g/mol. The summed E-state index contributed by atoms with van der Waals surface area (Å²) in [5.41, 5.74) is 6.34. The minimum absolute atomic E-state index is 0.140. The van der Waals surface area contributed by atoms with Crippen LogP contribution >= 0.6 is 27.3 Å². The third-order valence-electron chi connectivity index (χ3n) is 1.94. The van der Waals surface area contributed by atoms with E-state index in [-0.39, 0.29) is 5.91 Å². The van der Waals surface area contributed by atoms with Crippen LogP contribution < -0.4 is 11.1 Å². The van der Waals surface area contributed by atoms with Gasteiger partial charge in [-0.05, 0) is 17.7 Å². The summed E-state index contributed by atoms with van der Waals surface area (Å²) in [5, 5.41) is 10.7. The van der Waals surface area contributed by atoms with Crippen molar-refractivity contribution >= 4 is 43.4 Å². The van der Waals surface area contributed by atoms with E-state index in [1.54, 1.807) is 0 Å². The Morgan fingerprint density at radius 1 is 1.47 bits per heavy atom. The molecule has 5 nitrogen and oxygen atoms in total. The first-order chi connectivity index (χ1) is 8.13. The van der Waals surface area contributed by atoms with Crippen LogP contribution in [-0.4, -0.2) is 16.1 Å². The number of nitrogens with one attached hydrogen (secondary N) is 1. The lowest BCUT2D eigenvalue weighted by Crippen LogP contribution is -2.14. The van der Waals surface area contributed by atoms with Gasteiger partial charge in [-0.15, -0.1) is 10.2 Å². The van der Waals surface area contributed by atoms with E-state index in [1.807, 2.05) is 24.3 Å². The molecule has 0 unspecified atom stereocenters. The van der Waals surface area contributed by atoms with Gasteiger partial charge in [0.25, 0.3) is 0 Å². The Bertz CT molecular complexity index is 543. The molecule has 0 radical (unpaired) electrons. The van der Waals surface area contributed by atoms with Gasteiger partial charge in [0.15, 0.2) is 0 Å². The first-order valence-corrected chi connectivity index (χ1v) is 6.38. The SMILES string of the molecule is Nc1nnc(NC(=O)Cc2cccc(Br)c2)s1. The first kappa shape index (κ1) is 12.0. The second kappa shape index (κ2) is 5.24. The molecule has 88 valence electrons. The lowest BCUT2D eigenvalue weighted by atomic mass is 10.1. The maximum Gasteiger partial charge on any atom is 0.230 e. The second-order valence-electron chi connectivity index (χ2n) is 3.30. The standard InChI is InChI=1S/C10H9BrN4OS/c11-7-3-1-2-6(4-7)5-8(16)13-10-15-14-9(12)17-10/h1-4H,5H2,(H2,12,14)(H,13,15,16). The van der Waals surface area contributed by atoms with E-state index in [9.17, 15) is 4.79 Å². The van der Waals surface area contributed by atoms with E-state index in [0.29, 0.717) is 16.7 Å². The van der Waals surface area contributed by atoms with Crippen molar-refractivity contribution in [1.29, 1.82) is 0 Å². The molecule has 0 atom stereocenters. The zero-order valence-corrected chi connectivity index (χ0v) is 11.1. The molecule has 3 N–H and O–H groups in total. The molecule has 0 aliphatic rings. The van der Waals surface area contributed by atoms with Crippen molar-refractivity contribution in [2.75, 3.05) is 11.1 Å². The molecule has 0 fully saturated rings. The second-order valence-corrected chi connectivity index (χ2v) is 5.23. The Morgan fingerprint density at radius 2 is 2.29 bits per heavy atom. The molecule has 1 aromatic carbocycles. The molecule has 0 aliphatic heterocycles. The number of hydrogen-bond donors (Lipinski definition) is 2. The Labute approximate surface area is 110 Å². The minimum atomic E-state index is -0.140. The number of amides is 1. The fourth-order valence-corrected chi connectivity index (χ4v) is 2.25. The average Bonchev–Trinajstić information content (AvgIpc) is 2.63. The molecule has 17 heavy (non-hydrogen) atoms. The van der Waals surface area contributed by atoms with Crippen molar-refractivity contribution in [2.45, 2.75) is 6.42 Å². The normalized spacial score (nSPS) is 10.2. The maximum atomic E-state index is 11.7. The van der Waals surface area contributed by atoms with Crippen LogP contribution in [0.2, 0.25) is 0 Å². The molecular weight excluding hydrogens is 304 g/mol. The number of hydrogen-bond acceptors (Lipinski definition) is 5. The van der Waals surface area contributed by atoms with Crippen molar-refractivity contribution in [1.82, 2.24) is 10.2 Å². The molecular formula is C10H9BrN4OS. The van der Waals surface area contributed by atoms with Gasteiger partial charge in [0.1, 0.15) is 0 Å². The van der Waals surface area contributed by atoms with Crippen LogP contribution in [0, 0.1) is 0 Å². The van der Waals surface area contributed by atoms with Crippen LogP contribution in [0.1, 0.15) is 5.56 Å². The zero-order chi connectivity index (χ0) is 12.3.